The van der Waals surface area contributed by atoms with E-state index < -0.39 is 18.0 Å². The second-order valence-electron chi connectivity index (χ2n) is 2.44. The minimum Gasteiger partial charge on any atom is -0.480 e. The molecule has 0 bridgehead atoms. The highest BCUT2D eigenvalue weighted by atomic mass is 16.5. The van der Waals surface area contributed by atoms with Gasteiger partial charge < -0.3 is 21.4 Å². The van der Waals surface area contributed by atoms with Crippen LogP contribution in [0.4, 0.5) is 4.79 Å². The molecular weight excluding hydrogens is 178 g/mol. The molecule has 0 aliphatic rings. The smallest absolute Gasteiger partial charge is 0.323 e. The van der Waals surface area contributed by atoms with Gasteiger partial charge in [0.2, 0.25) is 1.43 Å². The number of carboxylic acid groups (broad SMARTS) is 1. The first-order chi connectivity index (χ1) is 6.57. The molecule has 0 spiro atoms. The number of hydrogen-bond acceptors (Lipinski definition) is 4. The Kier molecular flexibility index (Phi) is 4.65. The number of amides is 2. The van der Waals surface area contributed by atoms with Gasteiger partial charge in [-0.05, 0) is 12.8 Å². The Balaban J connectivity index is 3.61. The Bertz CT molecular complexity index is 202. The highest BCUT2D eigenvalue weighted by molar-refractivity contribution is 5.73. The van der Waals surface area contributed by atoms with Crippen LogP contribution < -0.4 is 16.5 Å². The van der Waals surface area contributed by atoms with Crippen LogP contribution in [-0.4, -0.2) is 34.9 Å². The van der Waals surface area contributed by atoms with E-state index in [1.807, 2.05) is 5.48 Å². The molecule has 0 aromatic carbocycles. The van der Waals surface area contributed by atoms with Crippen LogP contribution in [0.1, 0.15) is 12.8 Å². The van der Waals surface area contributed by atoms with Crippen LogP contribution >= 0.6 is 0 Å². The van der Waals surface area contributed by atoms with E-state index >= 15 is 0 Å². The fraction of sp³-hybridized carbons (Fsp3) is 0.667. The van der Waals surface area contributed by atoms with Gasteiger partial charge >= 0.3 is 12.0 Å². The predicted octanol–water partition coefficient (Wildman–Crippen LogP) is -1.13. The molecule has 0 saturated heterocycles. The van der Waals surface area contributed by atoms with E-state index in [-0.39, 0.29) is 6.42 Å². The monoisotopic (exact) mass is 192 g/mol. The lowest BCUT2D eigenvalue weighted by Crippen LogP contribution is -2.36. The SMILES string of the molecule is [2H]ON[C@@H](CCCNC(N)=O)C(=O)O. The van der Waals surface area contributed by atoms with Gasteiger partial charge in [-0.25, -0.2) is 4.79 Å². The highest BCUT2D eigenvalue weighted by Crippen LogP contribution is 1.95. The standard InChI is InChI=1S/C6H13N3O4/c7-6(12)8-3-1-2-4(9-13)5(10)11/h4,9,13H,1-3H2,(H,10,11)(H3,7,8,12)/t4-/m0/s1/i13D. The van der Waals surface area contributed by atoms with E-state index in [0.29, 0.717) is 13.0 Å². The molecule has 0 fully saturated rings. The molecule has 0 heterocycles. The average Bonchev–Trinajstić information content (AvgIpc) is 2.09. The number of nitrogens with one attached hydrogen (secondary N) is 2. The highest BCUT2D eigenvalue weighted by Gasteiger charge is 2.14. The van der Waals surface area contributed by atoms with Crippen molar-refractivity contribution in [2.45, 2.75) is 18.9 Å². The number of hydrogen-bond donors (Lipinski definition) is 5. The van der Waals surface area contributed by atoms with E-state index in [1.54, 1.807) is 0 Å². The van der Waals surface area contributed by atoms with Crippen LogP contribution in [0, 0.1) is 0 Å². The molecule has 6 N–H and O–H groups in total. The van der Waals surface area contributed by atoms with Gasteiger partial charge in [0.15, 0.2) is 0 Å². The van der Waals surface area contributed by atoms with Crippen molar-refractivity contribution >= 4 is 12.0 Å². The average molecular weight is 192 g/mol. The minimum absolute atomic E-state index is 0.231. The van der Waals surface area contributed by atoms with Gasteiger partial charge in [-0.1, -0.05) is 0 Å². The summed E-state index contributed by atoms with van der Waals surface area (Å²) in [6.45, 7) is 0.290. The Morgan fingerprint density at radius 1 is 1.62 bits per heavy atom. The number of urea groups is 1. The summed E-state index contributed by atoms with van der Waals surface area (Å²) in [7, 11) is 0. The zero-order chi connectivity index (χ0) is 11.0. The van der Waals surface area contributed by atoms with E-state index in [2.05, 4.69) is 10.5 Å². The molecular formula is C6H13N3O4. The molecule has 0 aromatic heterocycles. The zero-order valence-corrected chi connectivity index (χ0v) is 6.95. The molecule has 0 unspecified atom stereocenters. The van der Waals surface area contributed by atoms with Crippen LogP contribution in [-0.2, 0) is 4.79 Å². The van der Waals surface area contributed by atoms with E-state index in [9.17, 15) is 9.59 Å². The molecule has 0 saturated carbocycles. The van der Waals surface area contributed by atoms with Crippen molar-refractivity contribution in [3.63, 3.8) is 0 Å². The summed E-state index contributed by atoms with van der Waals surface area (Å²) in [5.41, 5.74) is 6.78. The maximum Gasteiger partial charge on any atom is 0.323 e. The second kappa shape index (κ2) is 6.21. The number of hydroxylamine groups is 1. The number of primary amides is 1. The molecule has 76 valence electrons. The fourth-order valence-electron chi connectivity index (χ4n) is 0.751. The molecule has 0 radical (unpaired) electrons. The number of nitrogens with two attached hydrogens (primary N) is 1. The molecule has 7 heteroatoms. The first-order valence-electron chi connectivity index (χ1n) is 4.12. The van der Waals surface area contributed by atoms with Gasteiger partial charge in [-0.2, -0.15) is 5.48 Å². The van der Waals surface area contributed by atoms with Gasteiger partial charge in [0.25, 0.3) is 0 Å². The first-order valence-corrected chi connectivity index (χ1v) is 3.71. The topological polar surface area (TPSA) is 125 Å². The van der Waals surface area contributed by atoms with Crippen molar-refractivity contribution in [3.8, 4) is 0 Å². The lowest BCUT2D eigenvalue weighted by Gasteiger charge is -2.09. The Labute approximate surface area is 76.4 Å². The summed E-state index contributed by atoms with van der Waals surface area (Å²) in [4.78, 5) is 20.7. The van der Waals surface area contributed by atoms with Crippen molar-refractivity contribution in [1.82, 2.24) is 10.8 Å². The van der Waals surface area contributed by atoms with Crippen molar-refractivity contribution < 1.29 is 21.3 Å². The summed E-state index contributed by atoms with van der Waals surface area (Å²) >= 11 is 0. The third kappa shape index (κ3) is 5.88. The predicted molar refractivity (Wildman–Crippen MR) is 43.2 cm³/mol. The molecule has 7 nitrogen and oxygen atoms in total. The lowest BCUT2D eigenvalue weighted by molar-refractivity contribution is -0.142. The van der Waals surface area contributed by atoms with Crippen LogP contribution in [0.25, 0.3) is 0 Å². The van der Waals surface area contributed by atoms with Gasteiger partial charge in [-0.3, -0.25) is 4.79 Å². The summed E-state index contributed by atoms with van der Waals surface area (Å²) in [6, 6.07) is -1.61. The van der Waals surface area contributed by atoms with Crippen LogP contribution in [0.3, 0.4) is 0 Å². The molecule has 2 amide bonds. The third-order valence-electron chi connectivity index (χ3n) is 1.41. The minimum atomic E-state index is -1.11. The summed E-state index contributed by atoms with van der Waals surface area (Å²) in [5, 5.41) is 14.6. The lowest BCUT2D eigenvalue weighted by atomic mass is 10.2. The Hall–Kier alpha value is -1.34. The first kappa shape index (κ1) is 9.75. The quantitative estimate of drug-likeness (QED) is 0.258. The van der Waals surface area contributed by atoms with Gasteiger partial charge in [0, 0.05) is 6.54 Å². The van der Waals surface area contributed by atoms with Crippen molar-refractivity contribution in [2.75, 3.05) is 6.54 Å². The molecule has 0 aliphatic carbocycles. The van der Waals surface area contributed by atoms with Crippen LogP contribution in [0.2, 0.25) is 1.43 Å². The Morgan fingerprint density at radius 2 is 2.31 bits per heavy atom. The molecule has 0 aliphatic heterocycles. The van der Waals surface area contributed by atoms with Crippen molar-refractivity contribution in [1.29, 1.82) is 0 Å². The number of carbonyl (C=O) groups excluding carboxylic acids is 1. The largest absolute Gasteiger partial charge is 0.480 e. The number of aliphatic carboxylic acids is 1. The molecule has 13 heavy (non-hydrogen) atoms. The maximum atomic E-state index is 10.5. The number of carboxylic acids is 1. The van der Waals surface area contributed by atoms with Crippen LogP contribution in [0.15, 0.2) is 0 Å². The molecule has 0 rings (SSSR count). The summed E-state index contributed by atoms with van der Waals surface area (Å²) in [6.07, 6.45) is 0.658. The van der Waals surface area contributed by atoms with E-state index in [4.69, 9.17) is 12.3 Å². The summed E-state index contributed by atoms with van der Waals surface area (Å²) < 4.78 is 6.31. The second-order valence-corrected chi connectivity index (χ2v) is 2.44. The van der Waals surface area contributed by atoms with E-state index in [0.717, 1.165) is 0 Å². The van der Waals surface area contributed by atoms with Gasteiger partial charge in [-0.15, -0.1) is 0 Å². The van der Waals surface area contributed by atoms with E-state index in [1.165, 1.54) is 0 Å². The van der Waals surface area contributed by atoms with Crippen molar-refractivity contribution in [3.05, 3.63) is 0 Å². The molecule has 1 atom stereocenters. The Morgan fingerprint density at radius 3 is 2.77 bits per heavy atom. The van der Waals surface area contributed by atoms with Gasteiger partial charge in [0.1, 0.15) is 6.04 Å². The van der Waals surface area contributed by atoms with Gasteiger partial charge in [0.05, 0.1) is 0 Å². The van der Waals surface area contributed by atoms with Crippen molar-refractivity contribution in [2.24, 2.45) is 5.73 Å². The normalized spacial score (nSPS) is 13.1. The number of rotatable bonds is 7. The zero-order valence-electron chi connectivity index (χ0n) is 7.95. The third-order valence-corrected chi connectivity index (χ3v) is 1.41. The maximum absolute atomic E-state index is 10.5. The summed E-state index contributed by atoms with van der Waals surface area (Å²) in [5.74, 6) is -1.11. The van der Waals surface area contributed by atoms with Crippen LogP contribution in [0.5, 0.6) is 0 Å². The number of carbonyl (C=O) groups is 2. The fourth-order valence-corrected chi connectivity index (χ4v) is 0.751. The molecule has 0 aromatic rings.